The zero-order valence-corrected chi connectivity index (χ0v) is 12.3. The molecule has 1 aliphatic rings. The monoisotopic (exact) mass is 292 g/mol. The Hall–Kier alpha value is -1.06. The Morgan fingerprint density at radius 1 is 1.21 bits per heavy atom. The minimum absolute atomic E-state index is 0.604. The van der Waals surface area contributed by atoms with Crippen LogP contribution in [0.5, 0.6) is 0 Å². The average molecular weight is 293 g/mol. The van der Waals surface area contributed by atoms with Gasteiger partial charge in [0.2, 0.25) is 0 Å². The molecule has 1 aliphatic carbocycles. The largest absolute Gasteiger partial charge is 0.359 e. The second kappa shape index (κ2) is 5.93. The van der Waals surface area contributed by atoms with Gasteiger partial charge in [-0.1, -0.05) is 43.0 Å². The quantitative estimate of drug-likeness (QED) is 0.840. The Morgan fingerprint density at radius 3 is 2.84 bits per heavy atom. The molecule has 1 aromatic heterocycles. The highest BCUT2D eigenvalue weighted by Gasteiger charge is 2.14. The highest BCUT2D eigenvalue weighted by atomic mass is 35.5. The molecular formula is C15H17ClN2S. The van der Waals surface area contributed by atoms with Gasteiger partial charge in [-0.15, -0.1) is 11.3 Å². The highest BCUT2D eigenvalue weighted by molar-refractivity contribution is 7.14. The zero-order chi connectivity index (χ0) is 13.1. The number of thiazole rings is 1. The average Bonchev–Trinajstić information content (AvgIpc) is 2.88. The maximum absolute atomic E-state index is 6.02. The molecule has 0 unspecified atom stereocenters. The van der Waals surface area contributed by atoms with Crippen LogP contribution >= 0.6 is 22.9 Å². The summed E-state index contributed by atoms with van der Waals surface area (Å²) in [5, 5.41) is 7.44. The molecule has 1 saturated carbocycles. The molecule has 0 bridgehead atoms. The van der Waals surface area contributed by atoms with E-state index in [-0.39, 0.29) is 0 Å². The van der Waals surface area contributed by atoms with Crippen molar-refractivity contribution < 1.29 is 0 Å². The van der Waals surface area contributed by atoms with E-state index in [1.165, 1.54) is 32.1 Å². The van der Waals surface area contributed by atoms with Gasteiger partial charge in [-0.05, 0) is 25.0 Å². The molecule has 1 aromatic carbocycles. The first-order valence-electron chi connectivity index (χ1n) is 6.79. The molecule has 100 valence electrons. The second-order valence-electron chi connectivity index (χ2n) is 5.03. The van der Waals surface area contributed by atoms with Crippen molar-refractivity contribution in [1.29, 1.82) is 0 Å². The van der Waals surface area contributed by atoms with E-state index in [2.05, 4.69) is 15.7 Å². The van der Waals surface area contributed by atoms with Crippen LogP contribution in [-0.2, 0) is 0 Å². The summed E-state index contributed by atoms with van der Waals surface area (Å²) in [6, 6.07) is 8.46. The van der Waals surface area contributed by atoms with E-state index in [0.717, 1.165) is 21.4 Å². The maximum atomic E-state index is 6.02. The molecule has 0 aliphatic heterocycles. The minimum atomic E-state index is 0.604. The summed E-state index contributed by atoms with van der Waals surface area (Å²) < 4.78 is 0. The fourth-order valence-corrected chi connectivity index (χ4v) is 3.53. The Kier molecular flexibility index (Phi) is 4.04. The molecule has 1 heterocycles. The smallest absolute Gasteiger partial charge is 0.183 e. The number of anilines is 1. The van der Waals surface area contributed by atoms with Crippen LogP contribution in [0, 0.1) is 0 Å². The van der Waals surface area contributed by atoms with Crippen LogP contribution in [-0.4, -0.2) is 11.0 Å². The third-order valence-electron chi connectivity index (χ3n) is 3.56. The molecule has 1 N–H and O–H groups in total. The van der Waals surface area contributed by atoms with Crippen LogP contribution in [0.25, 0.3) is 11.3 Å². The highest BCUT2D eigenvalue weighted by Crippen LogP contribution is 2.28. The molecule has 0 atom stereocenters. The Morgan fingerprint density at radius 2 is 2.05 bits per heavy atom. The molecule has 2 nitrogen and oxygen atoms in total. The van der Waals surface area contributed by atoms with Crippen LogP contribution in [0.4, 0.5) is 5.13 Å². The van der Waals surface area contributed by atoms with Crippen molar-refractivity contribution >= 4 is 28.1 Å². The fourth-order valence-electron chi connectivity index (χ4n) is 2.54. The fraction of sp³-hybridized carbons (Fsp3) is 0.400. The van der Waals surface area contributed by atoms with Crippen molar-refractivity contribution in [2.75, 3.05) is 5.32 Å². The summed E-state index contributed by atoms with van der Waals surface area (Å²) in [5.74, 6) is 0. The van der Waals surface area contributed by atoms with Gasteiger partial charge in [-0.3, -0.25) is 0 Å². The lowest BCUT2D eigenvalue weighted by Crippen LogP contribution is -2.21. The molecule has 0 spiro atoms. The van der Waals surface area contributed by atoms with E-state index in [1.807, 2.05) is 24.3 Å². The molecular weight excluding hydrogens is 276 g/mol. The minimum Gasteiger partial charge on any atom is -0.359 e. The molecule has 1 fully saturated rings. The van der Waals surface area contributed by atoms with Crippen molar-refractivity contribution in [1.82, 2.24) is 4.98 Å². The molecule has 2 aromatic rings. The van der Waals surface area contributed by atoms with Gasteiger partial charge in [0, 0.05) is 22.0 Å². The summed E-state index contributed by atoms with van der Waals surface area (Å²) >= 11 is 7.70. The van der Waals surface area contributed by atoms with E-state index in [1.54, 1.807) is 11.3 Å². The maximum Gasteiger partial charge on any atom is 0.183 e. The van der Waals surface area contributed by atoms with E-state index in [4.69, 9.17) is 11.6 Å². The van der Waals surface area contributed by atoms with Crippen molar-refractivity contribution in [3.05, 3.63) is 34.7 Å². The van der Waals surface area contributed by atoms with Crippen LogP contribution < -0.4 is 5.32 Å². The van der Waals surface area contributed by atoms with Crippen LogP contribution in [0.3, 0.4) is 0 Å². The molecule has 0 radical (unpaired) electrons. The van der Waals surface area contributed by atoms with Gasteiger partial charge in [0.25, 0.3) is 0 Å². The summed E-state index contributed by atoms with van der Waals surface area (Å²) in [6.07, 6.45) is 6.59. The number of nitrogens with one attached hydrogen (secondary N) is 1. The Bertz CT molecular complexity index is 547. The number of hydrogen-bond donors (Lipinski definition) is 1. The van der Waals surface area contributed by atoms with Gasteiger partial charge in [0.1, 0.15) is 0 Å². The van der Waals surface area contributed by atoms with Gasteiger partial charge < -0.3 is 5.32 Å². The van der Waals surface area contributed by atoms with Gasteiger partial charge in [-0.2, -0.15) is 0 Å². The van der Waals surface area contributed by atoms with Crippen LogP contribution in [0.15, 0.2) is 29.6 Å². The van der Waals surface area contributed by atoms with Crippen LogP contribution in [0.1, 0.15) is 32.1 Å². The zero-order valence-electron chi connectivity index (χ0n) is 10.7. The summed E-state index contributed by atoms with van der Waals surface area (Å²) in [6.45, 7) is 0. The van der Waals surface area contributed by atoms with Crippen LogP contribution in [0.2, 0.25) is 5.02 Å². The van der Waals surface area contributed by atoms with Gasteiger partial charge in [-0.25, -0.2) is 4.98 Å². The Balaban J connectivity index is 1.72. The molecule has 3 rings (SSSR count). The third-order valence-corrected chi connectivity index (χ3v) is 4.57. The number of halogens is 1. The van der Waals surface area contributed by atoms with E-state index >= 15 is 0 Å². The first kappa shape index (κ1) is 12.9. The number of benzene rings is 1. The number of hydrogen-bond acceptors (Lipinski definition) is 3. The SMILES string of the molecule is Clc1cccc(-c2csc(NC3CCCCC3)n2)c1. The second-order valence-corrected chi connectivity index (χ2v) is 6.32. The number of rotatable bonds is 3. The molecule has 0 saturated heterocycles. The summed E-state index contributed by atoms with van der Waals surface area (Å²) in [5.41, 5.74) is 2.09. The standard InChI is InChI=1S/C15H17ClN2S/c16-12-6-4-5-11(9-12)14-10-19-15(18-14)17-13-7-2-1-3-8-13/h4-6,9-10,13H,1-3,7-8H2,(H,17,18). The van der Waals surface area contributed by atoms with Gasteiger partial charge >= 0.3 is 0 Å². The number of aromatic nitrogens is 1. The number of nitrogens with zero attached hydrogens (tertiary/aromatic N) is 1. The predicted molar refractivity (Wildman–Crippen MR) is 83.1 cm³/mol. The van der Waals surface area contributed by atoms with Gasteiger partial charge in [0.15, 0.2) is 5.13 Å². The van der Waals surface area contributed by atoms with Crippen molar-refractivity contribution in [2.24, 2.45) is 0 Å². The lowest BCUT2D eigenvalue weighted by atomic mass is 9.96. The molecule has 0 amide bonds. The Labute approximate surface area is 122 Å². The normalized spacial score (nSPS) is 16.5. The van der Waals surface area contributed by atoms with Crippen molar-refractivity contribution in [3.63, 3.8) is 0 Å². The third kappa shape index (κ3) is 3.28. The van der Waals surface area contributed by atoms with E-state index < -0.39 is 0 Å². The summed E-state index contributed by atoms with van der Waals surface area (Å²) in [7, 11) is 0. The summed E-state index contributed by atoms with van der Waals surface area (Å²) in [4.78, 5) is 4.66. The van der Waals surface area contributed by atoms with Crippen molar-refractivity contribution in [3.8, 4) is 11.3 Å². The lowest BCUT2D eigenvalue weighted by molar-refractivity contribution is 0.462. The topological polar surface area (TPSA) is 24.9 Å². The molecule has 4 heteroatoms. The van der Waals surface area contributed by atoms with E-state index in [0.29, 0.717) is 6.04 Å². The van der Waals surface area contributed by atoms with Gasteiger partial charge in [0.05, 0.1) is 5.69 Å². The van der Waals surface area contributed by atoms with E-state index in [9.17, 15) is 0 Å². The lowest BCUT2D eigenvalue weighted by Gasteiger charge is -2.22. The predicted octanol–water partition coefficient (Wildman–Crippen LogP) is 5.21. The first-order valence-corrected chi connectivity index (χ1v) is 8.05. The molecule has 19 heavy (non-hydrogen) atoms. The first-order chi connectivity index (χ1) is 9.31. The van der Waals surface area contributed by atoms with Crippen molar-refractivity contribution in [2.45, 2.75) is 38.1 Å².